The Morgan fingerprint density at radius 3 is 2.46 bits per heavy atom. The molecule has 0 spiro atoms. The van der Waals surface area contributed by atoms with E-state index in [1.165, 1.54) is 0 Å². The van der Waals surface area contributed by atoms with Crippen LogP contribution in [0.25, 0.3) is 0 Å². The number of nitrogens with one attached hydrogen (secondary N) is 1. The van der Waals surface area contributed by atoms with Crippen LogP contribution in [-0.2, 0) is 16.1 Å². The number of carbonyl (C=O) groups excluding carboxylic acids is 2. The van der Waals surface area contributed by atoms with E-state index in [1.807, 2.05) is 49.9 Å². The van der Waals surface area contributed by atoms with Gasteiger partial charge in [0.1, 0.15) is 5.60 Å². The van der Waals surface area contributed by atoms with Crippen LogP contribution in [0, 0.1) is 5.92 Å². The van der Waals surface area contributed by atoms with Crippen molar-refractivity contribution in [3.8, 4) is 0 Å². The molecular formula is C20H27ClN2O3. The SMILES string of the molecule is CC(C)(C)OC(=O)N1C2CC[C@@H]1C[C@@H](C(=O)NCc1cccc(Cl)c1)C2. The third-order valence-electron chi connectivity index (χ3n) is 5.06. The minimum absolute atomic E-state index is 0.0506. The van der Waals surface area contributed by atoms with Gasteiger partial charge < -0.3 is 15.0 Å². The van der Waals surface area contributed by atoms with Gasteiger partial charge in [-0.05, 0) is 64.2 Å². The summed E-state index contributed by atoms with van der Waals surface area (Å²) in [6.07, 6.45) is 3.06. The van der Waals surface area contributed by atoms with Crippen LogP contribution < -0.4 is 5.32 Å². The Labute approximate surface area is 160 Å². The number of rotatable bonds is 3. The van der Waals surface area contributed by atoms with Crippen LogP contribution in [0.4, 0.5) is 4.79 Å². The van der Waals surface area contributed by atoms with Crippen LogP contribution in [-0.4, -0.2) is 34.6 Å². The lowest BCUT2D eigenvalue weighted by atomic mass is 9.90. The number of piperidine rings is 1. The standard InChI is InChI=1S/C20H27ClN2O3/c1-20(2,3)26-19(25)23-16-7-8-17(23)11-14(10-16)18(24)22-12-13-5-4-6-15(21)9-13/h4-6,9,14,16-17H,7-8,10-12H2,1-3H3,(H,22,24)/t14-,16-,17?/m1/s1. The zero-order valence-electron chi connectivity index (χ0n) is 15.6. The average molecular weight is 379 g/mol. The predicted molar refractivity (Wildman–Crippen MR) is 101 cm³/mol. The molecule has 2 heterocycles. The Morgan fingerprint density at radius 1 is 1.23 bits per heavy atom. The van der Waals surface area contributed by atoms with Gasteiger partial charge in [0.05, 0.1) is 0 Å². The van der Waals surface area contributed by atoms with E-state index in [9.17, 15) is 9.59 Å². The molecule has 2 saturated heterocycles. The first-order valence-electron chi connectivity index (χ1n) is 9.26. The minimum atomic E-state index is -0.498. The van der Waals surface area contributed by atoms with Gasteiger partial charge in [-0.25, -0.2) is 4.79 Å². The molecule has 2 aliphatic rings. The van der Waals surface area contributed by atoms with Crippen molar-refractivity contribution in [2.75, 3.05) is 0 Å². The quantitative estimate of drug-likeness (QED) is 0.860. The third kappa shape index (κ3) is 4.50. The number of halogens is 1. The normalized spacial score (nSPS) is 25.1. The second-order valence-electron chi connectivity index (χ2n) is 8.29. The van der Waals surface area contributed by atoms with Crippen molar-refractivity contribution in [1.29, 1.82) is 0 Å². The van der Waals surface area contributed by atoms with Gasteiger partial charge in [0.2, 0.25) is 5.91 Å². The van der Waals surface area contributed by atoms with Crippen LogP contribution in [0.2, 0.25) is 5.02 Å². The average Bonchev–Trinajstić information content (AvgIpc) is 2.81. The Hall–Kier alpha value is -1.75. The molecule has 5 nitrogen and oxygen atoms in total. The molecule has 0 aliphatic carbocycles. The fourth-order valence-corrected chi connectivity index (χ4v) is 4.20. The highest BCUT2D eigenvalue weighted by atomic mass is 35.5. The number of hydrogen-bond acceptors (Lipinski definition) is 3. The molecule has 1 aromatic carbocycles. The predicted octanol–water partition coefficient (Wildman–Crippen LogP) is 4.13. The highest BCUT2D eigenvalue weighted by Gasteiger charge is 2.46. The lowest BCUT2D eigenvalue weighted by molar-refractivity contribution is -0.127. The fourth-order valence-electron chi connectivity index (χ4n) is 3.98. The van der Waals surface area contributed by atoms with Crippen molar-refractivity contribution in [1.82, 2.24) is 10.2 Å². The van der Waals surface area contributed by atoms with Gasteiger partial charge in [0.25, 0.3) is 0 Å². The van der Waals surface area contributed by atoms with Gasteiger partial charge in [-0.2, -0.15) is 0 Å². The molecule has 2 fully saturated rings. The van der Waals surface area contributed by atoms with Gasteiger partial charge in [0.15, 0.2) is 0 Å². The summed E-state index contributed by atoms with van der Waals surface area (Å²) in [7, 11) is 0. The van der Waals surface area contributed by atoms with Crippen molar-refractivity contribution in [2.24, 2.45) is 5.92 Å². The van der Waals surface area contributed by atoms with Crippen molar-refractivity contribution in [2.45, 2.75) is 70.7 Å². The number of benzene rings is 1. The van der Waals surface area contributed by atoms with Gasteiger partial charge in [-0.1, -0.05) is 23.7 Å². The minimum Gasteiger partial charge on any atom is -0.444 e. The maximum Gasteiger partial charge on any atom is 0.410 e. The van der Waals surface area contributed by atoms with Crippen molar-refractivity contribution < 1.29 is 14.3 Å². The smallest absolute Gasteiger partial charge is 0.410 e. The van der Waals surface area contributed by atoms with Crippen LogP contribution >= 0.6 is 11.6 Å². The summed E-state index contributed by atoms with van der Waals surface area (Å²) in [6.45, 7) is 6.11. The first kappa shape index (κ1) is 19.0. The highest BCUT2D eigenvalue weighted by Crippen LogP contribution is 2.39. The van der Waals surface area contributed by atoms with E-state index in [0.717, 1.165) is 18.4 Å². The summed E-state index contributed by atoms with van der Waals surface area (Å²) in [6, 6.07) is 7.70. The lowest BCUT2D eigenvalue weighted by Gasteiger charge is -2.39. The van der Waals surface area contributed by atoms with Gasteiger partial charge in [0, 0.05) is 29.6 Å². The number of nitrogens with zero attached hydrogens (tertiary/aromatic N) is 1. The first-order valence-corrected chi connectivity index (χ1v) is 9.64. The Balaban J connectivity index is 1.56. The number of carbonyl (C=O) groups is 2. The second-order valence-corrected chi connectivity index (χ2v) is 8.73. The largest absolute Gasteiger partial charge is 0.444 e. The monoisotopic (exact) mass is 378 g/mol. The van der Waals surface area contributed by atoms with E-state index in [4.69, 9.17) is 16.3 Å². The number of fused-ring (bicyclic) bond motifs is 2. The number of ether oxygens (including phenoxy) is 1. The van der Waals surface area contributed by atoms with Crippen molar-refractivity contribution >= 4 is 23.6 Å². The van der Waals surface area contributed by atoms with E-state index in [2.05, 4.69) is 5.32 Å². The van der Waals surface area contributed by atoms with Crippen LogP contribution in [0.15, 0.2) is 24.3 Å². The topological polar surface area (TPSA) is 58.6 Å². The highest BCUT2D eigenvalue weighted by molar-refractivity contribution is 6.30. The molecule has 26 heavy (non-hydrogen) atoms. The van der Waals surface area contributed by atoms with E-state index in [1.54, 1.807) is 0 Å². The maximum atomic E-state index is 12.6. The summed E-state index contributed by atoms with van der Waals surface area (Å²) in [5.74, 6) is 0.0103. The van der Waals surface area contributed by atoms with Crippen molar-refractivity contribution in [3.05, 3.63) is 34.9 Å². The zero-order chi connectivity index (χ0) is 18.9. The third-order valence-corrected chi connectivity index (χ3v) is 5.30. The van der Waals surface area contributed by atoms with E-state index >= 15 is 0 Å². The van der Waals surface area contributed by atoms with Crippen LogP contribution in [0.5, 0.6) is 0 Å². The van der Waals surface area contributed by atoms with Gasteiger partial charge in [-0.15, -0.1) is 0 Å². The molecule has 142 valence electrons. The number of hydrogen-bond donors (Lipinski definition) is 1. The Morgan fingerprint density at radius 2 is 1.88 bits per heavy atom. The summed E-state index contributed by atoms with van der Waals surface area (Å²) in [5.41, 5.74) is 0.488. The van der Waals surface area contributed by atoms with E-state index in [0.29, 0.717) is 24.4 Å². The van der Waals surface area contributed by atoms with Crippen LogP contribution in [0.1, 0.15) is 52.0 Å². The fraction of sp³-hybridized carbons (Fsp3) is 0.600. The molecule has 0 saturated carbocycles. The lowest BCUT2D eigenvalue weighted by Crippen LogP contribution is -2.50. The molecule has 2 aliphatic heterocycles. The summed E-state index contributed by atoms with van der Waals surface area (Å²) >= 11 is 5.98. The van der Waals surface area contributed by atoms with Gasteiger partial charge >= 0.3 is 6.09 Å². The molecule has 0 aromatic heterocycles. The van der Waals surface area contributed by atoms with Crippen molar-refractivity contribution in [3.63, 3.8) is 0 Å². The molecule has 2 bridgehead atoms. The van der Waals surface area contributed by atoms with E-state index in [-0.39, 0.29) is 30.0 Å². The summed E-state index contributed by atoms with van der Waals surface area (Å²) in [4.78, 5) is 27.0. The first-order chi connectivity index (χ1) is 12.2. The molecule has 2 amide bonds. The molecule has 6 heteroatoms. The molecule has 3 atom stereocenters. The maximum absolute atomic E-state index is 12.6. The molecule has 1 N–H and O–H groups in total. The van der Waals surface area contributed by atoms with E-state index < -0.39 is 5.60 Å². The molecular weight excluding hydrogens is 352 g/mol. The summed E-state index contributed by atoms with van der Waals surface area (Å²) < 4.78 is 5.54. The Kier molecular flexibility index (Phi) is 5.47. The van der Waals surface area contributed by atoms with Crippen LogP contribution in [0.3, 0.4) is 0 Å². The summed E-state index contributed by atoms with van der Waals surface area (Å²) in [5, 5.41) is 3.68. The molecule has 3 rings (SSSR count). The second kappa shape index (κ2) is 7.47. The van der Waals surface area contributed by atoms with Gasteiger partial charge in [-0.3, -0.25) is 4.79 Å². The number of amides is 2. The molecule has 1 aromatic rings. The zero-order valence-corrected chi connectivity index (χ0v) is 16.4. The molecule has 1 unspecified atom stereocenters. The Bertz CT molecular complexity index is 672. The molecule has 0 radical (unpaired) electrons.